The Morgan fingerprint density at radius 2 is 2.09 bits per heavy atom. The van der Waals surface area contributed by atoms with Crippen molar-refractivity contribution in [2.45, 2.75) is 18.2 Å². The average Bonchev–Trinajstić information content (AvgIpc) is 2.07. The molecular weight excluding hydrogens is 150 g/mol. The van der Waals surface area contributed by atoms with Crippen LogP contribution in [0, 0.1) is 0 Å². The van der Waals surface area contributed by atoms with Gasteiger partial charge in [-0.3, -0.25) is 9.69 Å². The van der Waals surface area contributed by atoms with Crippen molar-refractivity contribution < 1.29 is 20.1 Å². The van der Waals surface area contributed by atoms with Crippen molar-refractivity contribution in [2.75, 3.05) is 13.6 Å². The number of hydrogen-bond acceptors (Lipinski definition) is 4. The molecule has 3 atom stereocenters. The van der Waals surface area contributed by atoms with E-state index in [1.807, 2.05) is 0 Å². The van der Waals surface area contributed by atoms with Gasteiger partial charge in [0.2, 0.25) is 0 Å². The second kappa shape index (κ2) is 2.77. The van der Waals surface area contributed by atoms with Crippen LogP contribution in [0.15, 0.2) is 0 Å². The Morgan fingerprint density at radius 3 is 2.27 bits per heavy atom. The summed E-state index contributed by atoms with van der Waals surface area (Å²) in [5, 5.41) is 26.7. The predicted octanol–water partition coefficient (Wildman–Crippen LogP) is -1.89. The highest BCUT2D eigenvalue weighted by molar-refractivity contribution is 5.74. The first-order valence-electron chi connectivity index (χ1n) is 3.33. The Kier molecular flexibility index (Phi) is 2.12. The first kappa shape index (κ1) is 8.45. The Morgan fingerprint density at radius 1 is 1.55 bits per heavy atom. The minimum atomic E-state index is -1.17. The molecule has 0 bridgehead atoms. The summed E-state index contributed by atoms with van der Waals surface area (Å²) in [7, 11) is 1.55. The van der Waals surface area contributed by atoms with Crippen LogP contribution in [-0.2, 0) is 4.79 Å². The van der Waals surface area contributed by atoms with Crippen LogP contribution in [0.25, 0.3) is 0 Å². The maximum atomic E-state index is 10.5. The number of carboxylic acid groups (broad SMARTS) is 1. The van der Waals surface area contributed by atoms with Gasteiger partial charge in [-0.15, -0.1) is 0 Å². The van der Waals surface area contributed by atoms with Crippen LogP contribution in [0.5, 0.6) is 0 Å². The van der Waals surface area contributed by atoms with Crippen LogP contribution in [0.2, 0.25) is 0 Å². The zero-order chi connectivity index (χ0) is 8.59. The smallest absolute Gasteiger partial charge is 0.323 e. The maximum Gasteiger partial charge on any atom is 0.323 e. The van der Waals surface area contributed by atoms with Gasteiger partial charge in [-0.25, -0.2) is 0 Å². The van der Waals surface area contributed by atoms with E-state index in [4.69, 9.17) is 15.3 Å². The molecule has 0 amide bonds. The van der Waals surface area contributed by atoms with Crippen LogP contribution < -0.4 is 0 Å². The summed E-state index contributed by atoms with van der Waals surface area (Å²) >= 11 is 0. The van der Waals surface area contributed by atoms with Gasteiger partial charge in [0.25, 0.3) is 0 Å². The molecule has 0 saturated carbocycles. The summed E-state index contributed by atoms with van der Waals surface area (Å²) in [4.78, 5) is 11.9. The van der Waals surface area contributed by atoms with Crippen molar-refractivity contribution in [1.29, 1.82) is 0 Å². The number of carboxylic acids is 1. The molecule has 0 radical (unpaired) electrons. The van der Waals surface area contributed by atoms with E-state index in [2.05, 4.69) is 0 Å². The first-order valence-corrected chi connectivity index (χ1v) is 3.33. The average molecular weight is 161 g/mol. The molecule has 1 saturated heterocycles. The molecule has 1 heterocycles. The molecule has 1 fully saturated rings. The lowest BCUT2D eigenvalue weighted by Crippen LogP contribution is -2.40. The van der Waals surface area contributed by atoms with Gasteiger partial charge in [-0.1, -0.05) is 0 Å². The summed E-state index contributed by atoms with van der Waals surface area (Å²) in [6, 6.07) is -0.968. The van der Waals surface area contributed by atoms with Gasteiger partial charge in [0, 0.05) is 6.54 Å². The molecule has 1 aliphatic rings. The van der Waals surface area contributed by atoms with E-state index in [-0.39, 0.29) is 6.54 Å². The molecule has 2 unspecified atom stereocenters. The van der Waals surface area contributed by atoms with Gasteiger partial charge in [-0.2, -0.15) is 0 Å². The Labute approximate surface area is 63.9 Å². The standard InChI is InChI=1S/C6H11NO4/c1-7-2-3(8)5(9)4(7)6(10)11/h3-5,8-9H,2H2,1H3,(H,10,11)/t3?,4-,5?/m0/s1. The van der Waals surface area contributed by atoms with Crippen molar-refractivity contribution >= 4 is 5.97 Å². The summed E-state index contributed by atoms with van der Waals surface area (Å²) in [6.07, 6.45) is -2.11. The van der Waals surface area contributed by atoms with Gasteiger partial charge in [0.1, 0.15) is 12.1 Å². The van der Waals surface area contributed by atoms with Crippen molar-refractivity contribution in [3.8, 4) is 0 Å². The Bertz CT molecular complexity index is 172. The molecule has 1 rings (SSSR count). The van der Waals surface area contributed by atoms with E-state index in [9.17, 15) is 4.79 Å². The molecule has 0 spiro atoms. The minimum absolute atomic E-state index is 0.206. The number of carbonyl (C=O) groups is 1. The number of rotatable bonds is 1. The third-order valence-corrected chi connectivity index (χ3v) is 1.92. The Balaban J connectivity index is 2.71. The highest BCUT2D eigenvalue weighted by atomic mass is 16.4. The second-order valence-corrected chi connectivity index (χ2v) is 2.78. The number of likely N-dealkylation sites (tertiary alicyclic amines) is 1. The van der Waals surface area contributed by atoms with Gasteiger partial charge < -0.3 is 15.3 Å². The van der Waals surface area contributed by atoms with Crippen LogP contribution >= 0.6 is 0 Å². The van der Waals surface area contributed by atoms with Crippen molar-refractivity contribution in [3.63, 3.8) is 0 Å². The number of aliphatic hydroxyl groups excluding tert-OH is 2. The lowest BCUT2D eigenvalue weighted by Gasteiger charge is -2.15. The summed E-state index contributed by atoms with van der Waals surface area (Å²) < 4.78 is 0. The number of aliphatic hydroxyl groups is 2. The van der Waals surface area contributed by atoms with Gasteiger partial charge in [0.05, 0.1) is 6.10 Å². The van der Waals surface area contributed by atoms with Crippen LogP contribution in [0.1, 0.15) is 0 Å². The molecule has 5 heteroatoms. The zero-order valence-corrected chi connectivity index (χ0v) is 6.14. The van der Waals surface area contributed by atoms with Crippen LogP contribution in [0.3, 0.4) is 0 Å². The lowest BCUT2D eigenvalue weighted by molar-refractivity contribution is -0.145. The number of β-amino-alcohol motifs (C(OH)–C–C–N with tert-alkyl or cyclic N) is 1. The molecule has 64 valence electrons. The highest BCUT2D eigenvalue weighted by Gasteiger charge is 2.42. The molecule has 0 aromatic heterocycles. The maximum absolute atomic E-state index is 10.5. The van der Waals surface area contributed by atoms with E-state index < -0.39 is 24.2 Å². The number of hydrogen-bond donors (Lipinski definition) is 3. The SMILES string of the molecule is CN1CC(O)C(O)[C@H]1C(=O)O. The monoisotopic (exact) mass is 161 g/mol. The van der Waals surface area contributed by atoms with Crippen molar-refractivity contribution in [3.05, 3.63) is 0 Å². The molecule has 5 nitrogen and oxygen atoms in total. The lowest BCUT2D eigenvalue weighted by atomic mass is 10.1. The number of nitrogens with zero attached hydrogens (tertiary/aromatic N) is 1. The fourth-order valence-electron chi connectivity index (χ4n) is 1.32. The summed E-state index contributed by atoms with van der Waals surface area (Å²) in [5.41, 5.74) is 0. The molecule has 0 aliphatic carbocycles. The normalized spacial score (nSPS) is 39.4. The third-order valence-electron chi connectivity index (χ3n) is 1.92. The van der Waals surface area contributed by atoms with E-state index in [0.717, 1.165) is 0 Å². The molecule has 3 N–H and O–H groups in total. The topological polar surface area (TPSA) is 81.0 Å². The van der Waals surface area contributed by atoms with Crippen LogP contribution in [-0.4, -0.2) is 58.0 Å². The summed E-state index contributed by atoms with van der Waals surface area (Å²) in [5.74, 6) is -1.10. The van der Waals surface area contributed by atoms with Crippen LogP contribution in [0.4, 0.5) is 0 Å². The van der Waals surface area contributed by atoms with E-state index in [1.165, 1.54) is 4.90 Å². The van der Waals surface area contributed by atoms with Crippen molar-refractivity contribution in [2.24, 2.45) is 0 Å². The van der Waals surface area contributed by atoms with E-state index in [0.29, 0.717) is 0 Å². The molecule has 11 heavy (non-hydrogen) atoms. The molecular formula is C6H11NO4. The molecule has 0 aromatic carbocycles. The first-order chi connectivity index (χ1) is 5.04. The third kappa shape index (κ3) is 1.35. The Hall–Kier alpha value is -0.650. The van der Waals surface area contributed by atoms with Gasteiger partial charge in [0.15, 0.2) is 0 Å². The van der Waals surface area contributed by atoms with Crippen molar-refractivity contribution in [1.82, 2.24) is 4.90 Å². The molecule has 1 aliphatic heterocycles. The second-order valence-electron chi connectivity index (χ2n) is 2.78. The zero-order valence-electron chi connectivity index (χ0n) is 6.14. The van der Waals surface area contributed by atoms with E-state index in [1.54, 1.807) is 7.05 Å². The quantitative estimate of drug-likeness (QED) is 0.419. The number of aliphatic carboxylic acids is 1. The molecule has 0 aromatic rings. The fraction of sp³-hybridized carbons (Fsp3) is 0.833. The fourth-order valence-corrected chi connectivity index (χ4v) is 1.32. The number of likely N-dealkylation sites (N-methyl/N-ethyl adjacent to an activating group) is 1. The van der Waals surface area contributed by atoms with Gasteiger partial charge >= 0.3 is 5.97 Å². The largest absolute Gasteiger partial charge is 0.480 e. The van der Waals surface area contributed by atoms with Gasteiger partial charge in [-0.05, 0) is 7.05 Å². The minimum Gasteiger partial charge on any atom is -0.480 e. The van der Waals surface area contributed by atoms with E-state index >= 15 is 0 Å². The predicted molar refractivity (Wildman–Crippen MR) is 36.1 cm³/mol. The highest BCUT2D eigenvalue weighted by Crippen LogP contribution is 2.16. The summed E-state index contributed by atoms with van der Waals surface area (Å²) in [6.45, 7) is 0.206.